The summed E-state index contributed by atoms with van der Waals surface area (Å²) in [6.07, 6.45) is 4.10. The van der Waals surface area contributed by atoms with Crippen molar-refractivity contribution in [1.29, 1.82) is 0 Å². The fraction of sp³-hybridized carbons (Fsp3) is 0.200. The predicted molar refractivity (Wildman–Crippen MR) is 68.2 cm³/mol. The Morgan fingerprint density at radius 1 is 1.28 bits per heavy atom. The standard InChI is InChI=1S/C15H16NO2/c1-12-5-4-8-16(10-12)11-14-6-3-7-15(9-14)18-13(2)17/h3-10H,11H2,1-2H3/q+1. The van der Waals surface area contributed by atoms with E-state index in [1.54, 1.807) is 6.07 Å². The van der Waals surface area contributed by atoms with Crippen molar-refractivity contribution in [1.82, 2.24) is 0 Å². The fourth-order valence-corrected chi connectivity index (χ4v) is 1.84. The number of carbonyl (C=O) groups excluding carboxylic acids is 1. The number of pyridine rings is 1. The van der Waals surface area contributed by atoms with Crippen LogP contribution in [0.2, 0.25) is 0 Å². The van der Waals surface area contributed by atoms with Crippen molar-refractivity contribution in [3.63, 3.8) is 0 Å². The second-order valence-electron chi connectivity index (χ2n) is 4.29. The van der Waals surface area contributed by atoms with Crippen LogP contribution >= 0.6 is 0 Å². The van der Waals surface area contributed by atoms with Gasteiger partial charge in [-0.25, -0.2) is 4.57 Å². The predicted octanol–water partition coefficient (Wildman–Crippen LogP) is 2.26. The molecule has 3 nitrogen and oxygen atoms in total. The first-order valence-electron chi connectivity index (χ1n) is 5.86. The molecule has 0 aliphatic rings. The lowest BCUT2D eigenvalue weighted by molar-refractivity contribution is -0.688. The number of nitrogens with zero attached hydrogens (tertiary/aromatic N) is 1. The SMILES string of the molecule is CC(=O)Oc1cccc(C[n+]2cccc(C)c2)c1. The smallest absolute Gasteiger partial charge is 0.308 e. The first-order valence-corrected chi connectivity index (χ1v) is 5.86. The maximum Gasteiger partial charge on any atom is 0.308 e. The Hall–Kier alpha value is -2.16. The molecule has 0 atom stereocenters. The van der Waals surface area contributed by atoms with Gasteiger partial charge in [-0.3, -0.25) is 4.79 Å². The number of hydrogen-bond donors (Lipinski definition) is 0. The van der Waals surface area contributed by atoms with Crippen molar-refractivity contribution >= 4 is 5.97 Å². The van der Waals surface area contributed by atoms with Gasteiger partial charge in [-0.1, -0.05) is 12.1 Å². The maximum atomic E-state index is 10.9. The van der Waals surface area contributed by atoms with Crippen LogP contribution in [-0.4, -0.2) is 5.97 Å². The quantitative estimate of drug-likeness (QED) is 0.469. The lowest BCUT2D eigenvalue weighted by Crippen LogP contribution is -2.33. The fourth-order valence-electron chi connectivity index (χ4n) is 1.84. The van der Waals surface area contributed by atoms with Crippen LogP contribution in [0, 0.1) is 6.92 Å². The molecule has 1 aromatic heterocycles. The van der Waals surface area contributed by atoms with Crippen LogP contribution in [0.15, 0.2) is 48.8 Å². The van der Waals surface area contributed by atoms with Crippen molar-refractivity contribution in [2.45, 2.75) is 20.4 Å². The highest BCUT2D eigenvalue weighted by Gasteiger charge is 2.05. The minimum Gasteiger partial charge on any atom is -0.427 e. The van der Waals surface area contributed by atoms with Crippen molar-refractivity contribution in [3.05, 3.63) is 59.9 Å². The molecule has 0 radical (unpaired) electrons. The number of ether oxygens (including phenoxy) is 1. The Morgan fingerprint density at radius 3 is 2.83 bits per heavy atom. The average Bonchev–Trinajstić information content (AvgIpc) is 2.28. The number of esters is 1. The average molecular weight is 242 g/mol. The van der Waals surface area contributed by atoms with Crippen LogP contribution in [0.3, 0.4) is 0 Å². The molecule has 92 valence electrons. The summed E-state index contributed by atoms with van der Waals surface area (Å²) in [6.45, 7) is 4.23. The summed E-state index contributed by atoms with van der Waals surface area (Å²) < 4.78 is 7.17. The molecule has 0 aliphatic carbocycles. The molecule has 1 heterocycles. The first kappa shape index (κ1) is 12.3. The molecule has 18 heavy (non-hydrogen) atoms. The molecule has 0 unspecified atom stereocenters. The van der Waals surface area contributed by atoms with E-state index >= 15 is 0 Å². The largest absolute Gasteiger partial charge is 0.427 e. The van der Waals surface area contributed by atoms with Gasteiger partial charge in [0.2, 0.25) is 0 Å². The summed E-state index contributed by atoms with van der Waals surface area (Å²) >= 11 is 0. The zero-order valence-corrected chi connectivity index (χ0v) is 10.6. The third kappa shape index (κ3) is 3.42. The van der Waals surface area contributed by atoms with E-state index in [9.17, 15) is 4.79 Å². The molecule has 1 aromatic carbocycles. The van der Waals surface area contributed by atoms with Gasteiger partial charge in [-0.05, 0) is 25.1 Å². The first-order chi connectivity index (χ1) is 8.63. The Labute approximate surface area is 107 Å². The summed E-state index contributed by atoms with van der Waals surface area (Å²) in [4.78, 5) is 10.9. The van der Waals surface area contributed by atoms with Crippen LogP contribution in [0.25, 0.3) is 0 Å². The molecule has 0 fully saturated rings. The molecular formula is C15H16NO2+. The molecular weight excluding hydrogens is 226 g/mol. The Balaban J connectivity index is 2.16. The molecule has 0 amide bonds. The molecule has 3 heteroatoms. The topological polar surface area (TPSA) is 30.2 Å². The van der Waals surface area contributed by atoms with E-state index in [1.165, 1.54) is 12.5 Å². The van der Waals surface area contributed by atoms with Gasteiger partial charge in [-0.2, -0.15) is 0 Å². The van der Waals surface area contributed by atoms with Gasteiger partial charge in [0.05, 0.1) is 0 Å². The van der Waals surface area contributed by atoms with Crippen molar-refractivity contribution in [2.75, 3.05) is 0 Å². The van der Waals surface area contributed by atoms with E-state index in [0.29, 0.717) is 5.75 Å². The summed E-state index contributed by atoms with van der Waals surface area (Å²) in [7, 11) is 0. The second kappa shape index (κ2) is 5.45. The van der Waals surface area contributed by atoms with Crippen LogP contribution in [0.4, 0.5) is 0 Å². The van der Waals surface area contributed by atoms with E-state index in [-0.39, 0.29) is 5.97 Å². The van der Waals surface area contributed by atoms with Crippen LogP contribution < -0.4 is 9.30 Å². The van der Waals surface area contributed by atoms with Gasteiger partial charge in [0.1, 0.15) is 5.75 Å². The second-order valence-corrected chi connectivity index (χ2v) is 4.29. The summed E-state index contributed by atoms with van der Waals surface area (Å²) in [6, 6.07) is 11.7. The number of carbonyl (C=O) groups is 1. The molecule has 2 aromatic rings. The molecule has 0 aliphatic heterocycles. The van der Waals surface area contributed by atoms with Gasteiger partial charge in [0, 0.05) is 24.1 Å². The third-order valence-electron chi connectivity index (χ3n) is 2.53. The van der Waals surface area contributed by atoms with Crippen LogP contribution in [0.1, 0.15) is 18.1 Å². The van der Waals surface area contributed by atoms with Crippen molar-refractivity contribution < 1.29 is 14.1 Å². The van der Waals surface area contributed by atoms with Gasteiger partial charge in [0.25, 0.3) is 0 Å². The van der Waals surface area contributed by atoms with E-state index in [2.05, 4.69) is 23.8 Å². The molecule has 0 N–H and O–H groups in total. The van der Waals surface area contributed by atoms with Gasteiger partial charge >= 0.3 is 5.97 Å². The minimum absolute atomic E-state index is 0.296. The van der Waals surface area contributed by atoms with Gasteiger partial charge < -0.3 is 4.74 Å². The van der Waals surface area contributed by atoms with Crippen LogP contribution in [-0.2, 0) is 11.3 Å². The highest BCUT2D eigenvalue weighted by molar-refractivity contribution is 5.69. The number of aromatic nitrogens is 1. The van der Waals surface area contributed by atoms with Gasteiger partial charge in [0.15, 0.2) is 18.9 Å². The molecule has 0 bridgehead atoms. The van der Waals surface area contributed by atoms with E-state index in [4.69, 9.17) is 4.74 Å². The minimum atomic E-state index is -0.296. The Kier molecular flexibility index (Phi) is 3.72. The Morgan fingerprint density at radius 2 is 2.11 bits per heavy atom. The lowest BCUT2D eigenvalue weighted by atomic mass is 10.2. The number of aryl methyl sites for hydroxylation is 1. The van der Waals surface area contributed by atoms with Crippen LogP contribution in [0.5, 0.6) is 5.75 Å². The summed E-state index contributed by atoms with van der Waals surface area (Å²) in [5, 5.41) is 0. The highest BCUT2D eigenvalue weighted by atomic mass is 16.5. The summed E-state index contributed by atoms with van der Waals surface area (Å²) in [5.74, 6) is 0.295. The van der Waals surface area contributed by atoms with Gasteiger partial charge in [-0.15, -0.1) is 0 Å². The third-order valence-corrected chi connectivity index (χ3v) is 2.53. The molecule has 0 saturated heterocycles. The zero-order valence-electron chi connectivity index (χ0n) is 10.6. The van der Waals surface area contributed by atoms with E-state index in [1.807, 2.05) is 30.5 Å². The monoisotopic (exact) mass is 242 g/mol. The highest BCUT2D eigenvalue weighted by Crippen LogP contribution is 2.13. The number of hydrogen-bond acceptors (Lipinski definition) is 2. The van der Waals surface area contributed by atoms with E-state index < -0.39 is 0 Å². The molecule has 0 saturated carbocycles. The molecule has 2 rings (SSSR count). The van der Waals surface area contributed by atoms with Crippen molar-refractivity contribution in [3.8, 4) is 5.75 Å². The normalized spacial score (nSPS) is 10.1. The Bertz CT molecular complexity index is 564. The van der Waals surface area contributed by atoms with E-state index in [0.717, 1.165) is 12.1 Å². The summed E-state index contributed by atoms with van der Waals surface area (Å²) in [5.41, 5.74) is 2.32. The number of rotatable bonds is 3. The molecule has 0 spiro atoms. The lowest BCUT2D eigenvalue weighted by Gasteiger charge is -2.03. The number of benzene rings is 1. The zero-order chi connectivity index (χ0) is 13.0. The maximum absolute atomic E-state index is 10.9. The van der Waals surface area contributed by atoms with Crippen molar-refractivity contribution in [2.24, 2.45) is 0 Å².